The SMILES string of the molecule is Fc1ccc(C(F)(F)F)cc1CN1CC2C(CNc3ccc(N4CCOCC4)c(F)c3)C2C1. The number of nitrogens with one attached hydrogen (secondary N) is 1. The lowest BCUT2D eigenvalue weighted by molar-refractivity contribution is -0.137. The molecule has 178 valence electrons. The van der Waals surface area contributed by atoms with Crippen LogP contribution in [0.3, 0.4) is 0 Å². The molecule has 2 saturated heterocycles. The van der Waals surface area contributed by atoms with Crippen LogP contribution in [0.5, 0.6) is 0 Å². The number of halogens is 5. The molecule has 3 fully saturated rings. The monoisotopic (exact) mass is 467 g/mol. The van der Waals surface area contributed by atoms with E-state index in [-0.39, 0.29) is 17.9 Å². The molecule has 33 heavy (non-hydrogen) atoms. The molecule has 0 spiro atoms. The third-order valence-electron chi connectivity index (χ3n) is 7.06. The first-order valence-corrected chi connectivity index (χ1v) is 11.2. The molecule has 2 atom stereocenters. The van der Waals surface area contributed by atoms with Gasteiger partial charge in [0.1, 0.15) is 11.6 Å². The van der Waals surface area contributed by atoms with Crippen molar-refractivity contribution in [3.05, 3.63) is 59.2 Å². The Morgan fingerprint density at radius 3 is 2.33 bits per heavy atom. The summed E-state index contributed by atoms with van der Waals surface area (Å²) in [7, 11) is 0. The van der Waals surface area contributed by atoms with E-state index in [1.54, 1.807) is 6.07 Å². The molecule has 1 N–H and O–H groups in total. The Hall–Kier alpha value is -2.39. The number of likely N-dealkylation sites (tertiary alicyclic amines) is 1. The molecule has 2 heterocycles. The van der Waals surface area contributed by atoms with Crippen molar-refractivity contribution in [3.63, 3.8) is 0 Å². The Morgan fingerprint density at radius 1 is 0.939 bits per heavy atom. The molecule has 5 rings (SSSR count). The largest absolute Gasteiger partial charge is 0.416 e. The van der Waals surface area contributed by atoms with Crippen molar-refractivity contribution in [2.45, 2.75) is 12.7 Å². The summed E-state index contributed by atoms with van der Waals surface area (Å²) in [6.45, 7) is 4.91. The fourth-order valence-corrected chi connectivity index (χ4v) is 5.20. The predicted molar refractivity (Wildman–Crippen MR) is 115 cm³/mol. The average Bonchev–Trinajstić information content (AvgIpc) is 3.24. The number of fused-ring (bicyclic) bond motifs is 1. The predicted octanol–water partition coefficient (Wildman–Crippen LogP) is 4.61. The van der Waals surface area contributed by atoms with Gasteiger partial charge in [-0.05, 0) is 54.2 Å². The lowest BCUT2D eigenvalue weighted by Crippen LogP contribution is -2.36. The minimum atomic E-state index is -4.48. The number of anilines is 2. The van der Waals surface area contributed by atoms with E-state index in [0.29, 0.717) is 49.7 Å². The smallest absolute Gasteiger partial charge is 0.385 e. The van der Waals surface area contributed by atoms with Gasteiger partial charge in [0.25, 0.3) is 0 Å². The lowest BCUT2D eigenvalue weighted by atomic mass is 10.1. The maximum absolute atomic E-state index is 14.6. The first-order chi connectivity index (χ1) is 15.8. The van der Waals surface area contributed by atoms with E-state index in [1.807, 2.05) is 15.9 Å². The number of morpholine rings is 1. The summed E-state index contributed by atoms with van der Waals surface area (Å²) in [6, 6.07) is 7.78. The fraction of sp³-hybridized carbons (Fsp3) is 0.500. The highest BCUT2D eigenvalue weighted by Crippen LogP contribution is 2.52. The maximum Gasteiger partial charge on any atom is 0.416 e. The number of rotatable bonds is 6. The topological polar surface area (TPSA) is 27.7 Å². The van der Waals surface area contributed by atoms with Crippen LogP contribution in [0.2, 0.25) is 0 Å². The van der Waals surface area contributed by atoms with Crippen LogP contribution in [-0.2, 0) is 17.5 Å². The van der Waals surface area contributed by atoms with Crippen LogP contribution in [0, 0.1) is 29.4 Å². The van der Waals surface area contributed by atoms with Crippen LogP contribution in [0.4, 0.5) is 33.3 Å². The van der Waals surface area contributed by atoms with Gasteiger partial charge in [0.05, 0.1) is 24.5 Å². The molecule has 1 saturated carbocycles. The minimum absolute atomic E-state index is 0.0802. The third kappa shape index (κ3) is 4.80. The second-order valence-electron chi connectivity index (χ2n) is 9.14. The second-order valence-corrected chi connectivity index (χ2v) is 9.14. The summed E-state index contributed by atoms with van der Waals surface area (Å²) in [5.74, 6) is 0.443. The molecule has 0 amide bonds. The molecule has 1 aliphatic carbocycles. The zero-order chi connectivity index (χ0) is 23.2. The van der Waals surface area contributed by atoms with E-state index >= 15 is 0 Å². The second kappa shape index (κ2) is 8.76. The van der Waals surface area contributed by atoms with Gasteiger partial charge in [0.15, 0.2) is 0 Å². The van der Waals surface area contributed by atoms with Gasteiger partial charge in [-0.15, -0.1) is 0 Å². The van der Waals surface area contributed by atoms with Gasteiger partial charge in [-0.1, -0.05) is 0 Å². The van der Waals surface area contributed by atoms with Crippen LogP contribution in [0.15, 0.2) is 36.4 Å². The van der Waals surface area contributed by atoms with E-state index in [2.05, 4.69) is 5.32 Å². The highest BCUT2D eigenvalue weighted by Gasteiger charge is 2.55. The highest BCUT2D eigenvalue weighted by atomic mass is 19.4. The molecule has 3 aliphatic rings. The zero-order valence-electron chi connectivity index (χ0n) is 18.0. The highest BCUT2D eigenvalue weighted by molar-refractivity contribution is 5.56. The number of nitrogens with zero attached hydrogens (tertiary/aromatic N) is 2. The van der Waals surface area contributed by atoms with Crippen molar-refractivity contribution >= 4 is 11.4 Å². The minimum Gasteiger partial charge on any atom is -0.385 e. The summed E-state index contributed by atoms with van der Waals surface area (Å²) in [4.78, 5) is 4.00. The van der Waals surface area contributed by atoms with E-state index in [0.717, 1.165) is 43.5 Å². The number of benzene rings is 2. The van der Waals surface area contributed by atoms with Crippen molar-refractivity contribution in [3.8, 4) is 0 Å². The molecular formula is C24H26F5N3O. The first-order valence-electron chi connectivity index (χ1n) is 11.2. The quantitative estimate of drug-likeness (QED) is 0.628. The number of ether oxygens (including phenoxy) is 1. The van der Waals surface area contributed by atoms with Crippen molar-refractivity contribution in [2.75, 3.05) is 56.2 Å². The van der Waals surface area contributed by atoms with Crippen LogP contribution in [0.1, 0.15) is 11.1 Å². The normalized spacial score (nSPS) is 25.2. The average molecular weight is 467 g/mol. The van der Waals surface area contributed by atoms with Gasteiger partial charge in [0, 0.05) is 50.5 Å². The number of piperidine rings is 1. The van der Waals surface area contributed by atoms with E-state index < -0.39 is 17.6 Å². The standard InChI is InChI=1S/C24H26F5N3O/c25-21-3-1-16(24(27,28)29)9-15(21)12-31-13-19-18(20(19)14-31)11-30-17-2-4-23(22(26)10-17)32-5-7-33-8-6-32/h1-4,9-10,18-20,30H,5-8,11-14H2. The Kier molecular flexibility index (Phi) is 5.95. The number of hydrogen-bond donors (Lipinski definition) is 1. The summed E-state index contributed by atoms with van der Waals surface area (Å²) >= 11 is 0. The molecule has 9 heteroatoms. The Labute approximate surface area is 189 Å². The van der Waals surface area contributed by atoms with Crippen molar-refractivity contribution in [1.29, 1.82) is 0 Å². The van der Waals surface area contributed by atoms with Crippen molar-refractivity contribution < 1.29 is 26.7 Å². The molecule has 2 aromatic carbocycles. The van der Waals surface area contributed by atoms with Gasteiger partial charge in [-0.25, -0.2) is 8.78 Å². The van der Waals surface area contributed by atoms with E-state index in [4.69, 9.17) is 4.74 Å². The fourth-order valence-electron chi connectivity index (χ4n) is 5.20. The molecule has 2 aromatic rings. The molecule has 0 aromatic heterocycles. The molecule has 2 aliphatic heterocycles. The van der Waals surface area contributed by atoms with Crippen molar-refractivity contribution in [1.82, 2.24) is 4.90 Å². The zero-order valence-corrected chi connectivity index (χ0v) is 18.0. The van der Waals surface area contributed by atoms with Crippen molar-refractivity contribution in [2.24, 2.45) is 17.8 Å². The van der Waals surface area contributed by atoms with Crippen LogP contribution >= 0.6 is 0 Å². The van der Waals surface area contributed by atoms with Crippen LogP contribution in [-0.4, -0.2) is 50.8 Å². The van der Waals surface area contributed by atoms with Gasteiger partial charge < -0.3 is 15.0 Å². The third-order valence-corrected chi connectivity index (χ3v) is 7.06. The van der Waals surface area contributed by atoms with Gasteiger partial charge >= 0.3 is 6.18 Å². The summed E-state index contributed by atoms with van der Waals surface area (Å²) in [5, 5.41) is 3.32. The molecular weight excluding hydrogens is 441 g/mol. The van der Waals surface area contributed by atoms with E-state index in [1.165, 1.54) is 6.07 Å². The lowest BCUT2D eigenvalue weighted by Gasteiger charge is -2.29. The maximum atomic E-state index is 14.6. The first kappa shape index (κ1) is 22.4. The Balaban J connectivity index is 1.12. The van der Waals surface area contributed by atoms with Crippen LogP contribution < -0.4 is 10.2 Å². The van der Waals surface area contributed by atoms with Gasteiger partial charge in [0.2, 0.25) is 0 Å². The number of hydrogen-bond acceptors (Lipinski definition) is 4. The molecule has 0 bridgehead atoms. The summed E-state index contributed by atoms with van der Waals surface area (Å²) in [6.07, 6.45) is -4.48. The summed E-state index contributed by atoms with van der Waals surface area (Å²) in [5.41, 5.74) is 0.579. The molecule has 2 unspecified atom stereocenters. The summed E-state index contributed by atoms with van der Waals surface area (Å²) < 4.78 is 72.7. The number of alkyl halides is 3. The van der Waals surface area contributed by atoms with Crippen LogP contribution in [0.25, 0.3) is 0 Å². The Bertz CT molecular complexity index is 996. The molecule has 0 radical (unpaired) electrons. The van der Waals surface area contributed by atoms with Gasteiger partial charge in [-0.3, -0.25) is 4.90 Å². The molecule has 4 nitrogen and oxygen atoms in total. The van der Waals surface area contributed by atoms with Gasteiger partial charge in [-0.2, -0.15) is 13.2 Å². The van der Waals surface area contributed by atoms with E-state index in [9.17, 15) is 22.0 Å². The Morgan fingerprint density at radius 2 is 1.67 bits per heavy atom.